The van der Waals surface area contributed by atoms with Crippen LogP contribution in [0.2, 0.25) is 0 Å². The van der Waals surface area contributed by atoms with Crippen molar-refractivity contribution >= 4 is 28.8 Å². The van der Waals surface area contributed by atoms with Gasteiger partial charge in [0.05, 0.1) is 11.0 Å². The average Bonchev–Trinajstić information content (AvgIpc) is 2.90. The fourth-order valence-electron chi connectivity index (χ4n) is 3.90. The molecule has 2 amide bonds. The maximum Gasteiger partial charge on any atom is 0.329 e. The van der Waals surface area contributed by atoms with Crippen molar-refractivity contribution in [2.75, 3.05) is 0 Å². The van der Waals surface area contributed by atoms with E-state index in [9.17, 15) is 19.2 Å². The van der Waals surface area contributed by atoms with Crippen LogP contribution in [0.3, 0.4) is 0 Å². The van der Waals surface area contributed by atoms with E-state index in [1.54, 1.807) is 11.6 Å². The summed E-state index contributed by atoms with van der Waals surface area (Å²) < 4.78 is 3.06. The number of para-hydroxylation sites is 1. The van der Waals surface area contributed by atoms with Crippen LogP contribution in [-0.4, -0.2) is 32.0 Å². The number of rotatable bonds is 8. The van der Waals surface area contributed by atoms with Crippen molar-refractivity contribution in [2.45, 2.75) is 57.4 Å². The third-order valence-electron chi connectivity index (χ3n) is 5.29. The highest BCUT2D eigenvalue weighted by Gasteiger charge is 2.31. The van der Waals surface area contributed by atoms with Gasteiger partial charge in [0.15, 0.2) is 0 Å². The first-order chi connectivity index (χ1) is 13.4. The summed E-state index contributed by atoms with van der Waals surface area (Å²) in [4.78, 5) is 47.1. The van der Waals surface area contributed by atoms with Gasteiger partial charge in [0.1, 0.15) is 6.04 Å². The molecule has 28 heavy (non-hydrogen) atoms. The molecule has 150 valence electrons. The first-order valence-corrected chi connectivity index (χ1v) is 9.64. The second-order valence-electron chi connectivity index (χ2n) is 7.27. The summed E-state index contributed by atoms with van der Waals surface area (Å²) in [7, 11) is 1.70. The number of imide groups is 1. The van der Waals surface area contributed by atoms with Crippen LogP contribution in [0.25, 0.3) is 11.0 Å². The van der Waals surface area contributed by atoms with Gasteiger partial charge in [-0.1, -0.05) is 25.0 Å². The van der Waals surface area contributed by atoms with Crippen LogP contribution >= 0.6 is 0 Å². The first-order valence-electron chi connectivity index (χ1n) is 9.64. The molecular weight excluding hydrogens is 362 g/mol. The number of fused-ring (bicyclic) bond motifs is 1. The summed E-state index contributed by atoms with van der Waals surface area (Å²) in [6, 6.07) is 5.01. The number of benzene rings is 1. The van der Waals surface area contributed by atoms with E-state index < -0.39 is 17.9 Å². The highest BCUT2D eigenvalue weighted by molar-refractivity contribution is 6.00. The molecule has 1 aromatic carbocycles. The minimum Gasteiger partial charge on any atom is -0.481 e. The molecular formula is C20H25N3O5. The quantitative estimate of drug-likeness (QED) is 0.531. The number of imidazole rings is 1. The number of carbonyl (C=O) groups excluding carboxylic acids is 2. The van der Waals surface area contributed by atoms with E-state index in [-0.39, 0.29) is 24.4 Å². The van der Waals surface area contributed by atoms with Crippen LogP contribution in [0.4, 0.5) is 0 Å². The number of unbranched alkanes of at least 4 members (excludes halogenated alkanes) is 3. The van der Waals surface area contributed by atoms with Crippen molar-refractivity contribution in [1.82, 2.24) is 14.5 Å². The number of aryl methyl sites for hydroxylation is 2. The van der Waals surface area contributed by atoms with Crippen molar-refractivity contribution in [3.63, 3.8) is 0 Å². The normalized spacial score (nSPS) is 17.1. The van der Waals surface area contributed by atoms with Crippen LogP contribution in [0.15, 0.2) is 23.0 Å². The zero-order valence-corrected chi connectivity index (χ0v) is 15.9. The zero-order chi connectivity index (χ0) is 20.3. The number of carbonyl (C=O) groups is 3. The monoisotopic (exact) mass is 387 g/mol. The Kier molecular flexibility index (Phi) is 5.96. The number of piperidine rings is 1. The second-order valence-corrected chi connectivity index (χ2v) is 7.27. The van der Waals surface area contributed by atoms with Crippen LogP contribution in [0.5, 0.6) is 0 Å². The van der Waals surface area contributed by atoms with Gasteiger partial charge < -0.3 is 5.11 Å². The Bertz CT molecular complexity index is 972. The third kappa shape index (κ3) is 4.00. The summed E-state index contributed by atoms with van der Waals surface area (Å²) in [5.41, 5.74) is 2.27. The molecule has 1 aliphatic rings. The van der Waals surface area contributed by atoms with Gasteiger partial charge in [-0.3, -0.25) is 28.8 Å². The number of carboxylic acid groups (broad SMARTS) is 1. The van der Waals surface area contributed by atoms with Gasteiger partial charge >= 0.3 is 11.7 Å². The molecule has 0 bridgehead atoms. The molecule has 2 N–H and O–H groups in total. The van der Waals surface area contributed by atoms with Crippen molar-refractivity contribution in [3.8, 4) is 0 Å². The van der Waals surface area contributed by atoms with E-state index in [4.69, 9.17) is 5.11 Å². The Morgan fingerprint density at radius 1 is 1.18 bits per heavy atom. The SMILES string of the molecule is Cn1c(=O)n(C2CCC(=O)NC2=O)c2cccc(CCCCCCC(=O)O)c21. The fourth-order valence-corrected chi connectivity index (χ4v) is 3.90. The van der Waals surface area contributed by atoms with E-state index in [1.165, 1.54) is 4.57 Å². The summed E-state index contributed by atoms with van der Waals surface area (Å²) >= 11 is 0. The lowest BCUT2D eigenvalue weighted by molar-refractivity contribution is -0.137. The summed E-state index contributed by atoms with van der Waals surface area (Å²) in [6.45, 7) is 0. The number of aliphatic carboxylic acids is 1. The molecule has 3 rings (SSSR count). The predicted molar refractivity (Wildman–Crippen MR) is 103 cm³/mol. The lowest BCUT2D eigenvalue weighted by Gasteiger charge is -2.21. The largest absolute Gasteiger partial charge is 0.481 e. The van der Waals surface area contributed by atoms with Gasteiger partial charge in [0, 0.05) is 19.9 Å². The lowest BCUT2D eigenvalue weighted by atomic mass is 10.0. The van der Waals surface area contributed by atoms with Crippen molar-refractivity contribution in [2.24, 2.45) is 7.05 Å². The van der Waals surface area contributed by atoms with Gasteiger partial charge in [0.25, 0.3) is 0 Å². The Morgan fingerprint density at radius 2 is 1.93 bits per heavy atom. The van der Waals surface area contributed by atoms with E-state index in [0.717, 1.165) is 36.8 Å². The molecule has 0 aliphatic carbocycles. The predicted octanol–water partition coefficient (Wildman–Crippen LogP) is 1.90. The molecule has 0 radical (unpaired) electrons. The molecule has 1 aromatic heterocycles. The highest BCUT2D eigenvalue weighted by Crippen LogP contribution is 2.25. The van der Waals surface area contributed by atoms with E-state index >= 15 is 0 Å². The fraction of sp³-hybridized carbons (Fsp3) is 0.500. The summed E-state index contributed by atoms with van der Waals surface area (Å²) in [5, 5.41) is 11.0. The maximum atomic E-state index is 12.9. The van der Waals surface area contributed by atoms with E-state index in [1.807, 2.05) is 18.2 Å². The average molecular weight is 387 g/mol. The smallest absolute Gasteiger partial charge is 0.329 e. The third-order valence-corrected chi connectivity index (χ3v) is 5.29. The second kappa shape index (κ2) is 8.41. The van der Waals surface area contributed by atoms with E-state index in [2.05, 4.69) is 5.32 Å². The van der Waals surface area contributed by atoms with Crippen LogP contribution < -0.4 is 11.0 Å². The molecule has 1 atom stereocenters. The molecule has 2 heterocycles. The van der Waals surface area contributed by atoms with Crippen LogP contribution in [0.1, 0.15) is 56.6 Å². The Labute approximate surface area is 162 Å². The standard InChI is InChI=1S/C20H25N3O5/c1-22-18-13(7-4-2-3-5-10-17(25)26)8-6-9-14(18)23(20(22)28)15-11-12-16(24)21-19(15)27/h6,8-9,15H,2-5,7,10-12H2,1H3,(H,25,26)(H,21,24,27). The van der Waals surface area contributed by atoms with Crippen LogP contribution in [0, 0.1) is 0 Å². The van der Waals surface area contributed by atoms with Crippen molar-refractivity contribution < 1.29 is 19.5 Å². The zero-order valence-electron chi connectivity index (χ0n) is 15.9. The number of nitrogens with one attached hydrogen (secondary N) is 1. The topological polar surface area (TPSA) is 110 Å². The van der Waals surface area contributed by atoms with Crippen molar-refractivity contribution in [3.05, 3.63) is 34.2 Å². The van der Waals surface area contributed by atoms with Crippen molar-refractivity contribution in [1.29, 1.82) is 0 Å². The van der Waals surface area contributed by atoms with E-state index in [0.29, 0.717) is 18.4 Å². The van der Waals surface area contributed by atoms with Gasteiger partial charge in [-0.2, -0.15) is 0 Å². The molecule has 8 nitrogen and oxygen atoms in total. The minimum atomic E-state index is -0.769. The molecule has 8 heteroatoms. The number of hydrogen-bond acceptors (Lipinski definition) is 4. The van der Waals surface area contributed by atoms with Gasteiger partial charge in [-0.05, 0) is 37.3 Å². The molecule has 0 spiro atoms. The molecule has 1 aliphatic heterocycles. The molecule has 1 fully saturated rings. The number of nitrogens with zero attached hydrogens (tertiary/aromatic N) is 2. The van der Waals surface area contributed by atoms with Gasteiger partial charge in [0.2, 0.25) is 11.8 Å². The molecule has 1 unspecified atom stereocenters. The number of carboxylic acids is 1. The first kappa shape index (κ1) is 19.9. The molecule has 0 saturated carbocycles. The highest BCUT2D eigenvalue weighted by atomic mass is 16.4. The number of aromatic nitrogens is 2. The molecule has 2 aromatic rings. The Balaban J connectivity index is 1.81. The van der Waals surface area contributed by atoms with Gasteiger partial charge in [-0.15, -0.1) is 0 Å². The Hall–Kier alpha value is -2.90. The summed E-state index contributed by atoms with van der Waals surface area (Å²) in [6.07, 6.45) is 4.85. The van der Waals surface area contributed by atoms with Crippen LogP contribution in [-0.2, 0) is 27.9 Å². The lowest BCUT2D eigenvalue weighted by Crippen LogP contribution is -2.44. The number of hydrogen-bond donors (Lipinski definition) is 2. The number of amides is 2. The molecule has 1 saturated heterocycles. The Morgan fingerprint density at radius 3 is 2.64 bits per heavy atom. The maximum absolute atomic E-state index is 12.9. The minimum absolute atomic E-state index is 0.193. The summed E-state index contributed by atoms with van der Waals surface area (Å²) in [5.74, 6) is -1.51. The van der Waals surface area contributed by atoms with Gasteiger partial charge in [-0.25, -0.2) is 4.79 Å².